The number of phosphoric acid groups is 4. The molecule has 8 aromatic heterocycles. The maximum absolute atomic E-state index is 12.6. The van der Waals surface area contributed by atoms with Crippen molar-refractivity contribution in [3.05, 3.63) is 48.6 Å². The SMILES string of the molecule is Cc1nc2c(N)ncnc2n1[C@@H]1O[C@H](CO)C(O)[C@@H]1O.Cc1nc2c(N)ncnc2n1[C@@H]1O[C@H](COP(=O)(Cl)Cl)C(O)[C@@H]1O.Cc1nc2c(N)ncnc2n1[C@@H]1O[C@H](COP(=O)(O)OP(=O)(O)OP(=O)(O)O)C(O)[C@@H]1O.Cc1nc2c(N)ncnc2n1[C@@H]1O[C@H](COP2(=O)CP(=O)(O)OP(=O)(O)O2)C(O)[C@@H]1O. The Morgan fingerprint density at radius 2 is 0.776 bits per heavy atom. The number of hydrogen-bond acceptors (Lipinski definition) is 43. The fourth-order valence-corrected chi connectivity index (χ4v) is 21.8. The second kappa shape index (κ2) is 32.0. The van der Waals surface area contributed by atoms with Gasteiger partial charge < -0.3 is 126 Å². The number of aromatic nitrogens is 16. The standard InChI is InChI=1S/C12H18N5O11P3.C11H14Cl2N5O5P.C11H18N5O13P3.C11H15N5O4/c1-5-16-7-10(13)14-3-15-11(7)17(5)12-9(19)8(18)6(26-12)2-25-30(22)4-29(20,21)27-31(23,24)28-30;1-4-17-6-9(14)15-3-16-10(6)18(4)11-8(20)7(19)5(23-11)2-22-24(12,13)21;1-4-15-6-9(12)13-3-14-10(6)16(4)11-8(18)7(17)5(27-11)2-26-31(22,23)29-32(24,25)28-30(19,20)21;1-4-15-6-9(12)13-3-14-10(6)16(4)11-8(19)7(18)5(2-17)20-11/h3,6,8-9,12,18-19H,2,4H2,1H3,(H,20,21)(H,23,24)(H2,13,14,15);3,5,7-8,11,19-20H,2H2,1H3,(H2,14,15,16);3,5,7-8,11,17-18H,2H2,1H3,(H,22,23)(H,24,25)(H2,12,13,14)(H2,19,20,21);3,5,7-8,11,17-19H,2H2,1H3,(H2,12,13,14)/t6-,8?,9+,12-,30?;3*5-,7?,8+,11-/m1111/s1. The van der Waals surface area contributed by atoms with Crippen molar-refractivity contribution in [3.8, 4) is 0 Å². The molecule has 5 fully saturated rings. The van der Waals surface area contributed by atoms with Gasteiger partial charge in [0.15, 0.2) is 98.7 Å². The fourth-order valence-electron chi connectivity index (χ4n) is 11.2. The van der Waals surface area contributed by atoms with Crippen molar-refractivity contribution >= 4 is 143 Å². The van der Waals surface area contributed by atoms with Crippen molar-refractivity contribution in [1.82, 2.24) is 78.1 Å². The molecule has 21 atom stereocenters. The normalized spacial score (nSPS) is 32.2. The van der Waals surface area contributed by atoms with Crippen LogP contribution < -0.4 is 22.9 Å². The molecule has 0 spiro atoms. The van der Waals surface area contributed by atoms with Crippen LogP contribution >= 0.6 is 75.0 Å². The van der Waals surface area contributed by atoms with Gasteiger partial charge in [-0.2, -0.15) is 8.62 Å². The monoisotopic (exact) mass is 1700 g/mol. The average Bonchev–Trinajstić information content (AvgIpc) is 1.62. The molecule has 0 radical (unpaired) electrons. The zero-order valence-electron chi connectivity index (χ0n) is 54.5. The molecule has 0 saturated carbocycles. The first-order valence-electron chi connectivity index (χ1n) is 29.8. The van der Waals surface area contributed by atoms with Gasteiger partial charge in [0.1, 0.15) is 122 Å². The van der Waals surface area contributed by atoms with E-state index in [1.54, 1.807) is 20.8 Å². The van der Waals surface area contributed by atoms with Crippen LogP contribution in [0.3, 0.4) is 0 Å². The summed E-state index contributed by atoms with van der Waals surface area (Å²) in [4.78, 5) is 103. The first-order valence-corrected chi connectivity index (χ1v) is 42.8. The molecule has 0 bridgehead atoms. The summed E-state index contributed by atoms with van der Waals surface area (Å²) in [6.07, 6.45) is -19.3. The smallest absolute Gasteiger partial charge is 0.394 e. The van der Waals surface area contributed by atoms with Gasteiger partial charge >= 0.3 is 52.6 Å². The number of halogens is 2. The van der Waals surface area contributed by atoms with Crippen molar-refractivity contribution in [2.45, 2.75) is 126 Å². The van der Waals surface area contributed by atoms with Crippen molar-refractivity contribution in [3.63, 3.8) is 0 Å². The number of hydrogen-bond donors (Lipinski definition) is 19. The summed E-state index contributed by atoms with van der Waals surface area (Å²) >= 11 is 10.6. The van der Waals surface area contributed by atoms with E-state index in [1.165, 1.54) is 44.2 Å². The van der Waals surface area contributed by atoms with E-state index in [2.05, 4.69) is 81.6 Å². The number of nitrogens with zero attached hydrogens (tertiary/aromatic N) is 16. The van der Waals surface area contributed by atoms with Gasteiger partial charge in [-0.3, -0.25) is 36.5 Å². The van der Waals surface area contributed by atoms with Crippen LogP contribution in [0.15, 0.2) is 25.3 Å². The highest BCUT2D eigenvalue weighted by Gasteiger charge is 2.55. The lowest BCUT2D eigenvalue weighted by molar-refractivity contribution is -0.0519. The van der Waals surface area contributed by atoms with Crippen LogP contribution in [0.1, 0.15) is 48.2 Å². The second-order valence-electron chi connectivity index (χ2n) is 23.1. The molecule has 23 N–H and O–H groups in total. The number of fused-ring (bicyclic) bond motifs is 4. The van der Waals surface area contributed by atoms with Gasteiger partial charge in [-0.1, -0.05) is 0 Å². The van der Waals surface area contributed by atoms with Crippen LogP contribution in [-0.2, 0) is 81.7 Å². The molecule has 9 unspecified atom stereocenters. The Kier molecular flexibility index (Phi) is 25.1. The van der Waals surface area contributed by atoms with E-state index in [-0.39, 0.29) is 58.0 Å². The zero-order valence-corrected chi connectivity index (χ0v) is 62.3. The Bertz CT molecular complexity index is 4960. The Hall–Kier alpha value is -5.45. The van der Waals surface area contributed by atoms with Crippen molar-refractivity contribution in [2.75, 3.05) is 55.3 Å². The third-order valence-electron chi connectivity index (χ3n) is 15.7. The van der Waals surface area contributed by atoms with Gasteiger partial charge in [0.25, 0.3) is 0 Å². The highest BCUT2D eigenvalue weighted by Crippen LogP contribution is 2.79. The van der Waals surface area contributed by atoms with Crippen LogP contribution in [0, 0.1) is 27.7 Å². The second-order valence-corrected chi connectivity index (χ2v) is 37.9. The van der Waals surface area contributed by atoms with Crippen LogP contribution in [0.5, 0.6) is 0 Å². The quantitative estimate of drug-likeness (QED) is 0.0405. The van der Waals surface area contributed by atoms with Gasteiger partial charge in [-0.15, -0.1) is 0 Å². The molecular weight excluding hydrogens is 1640 g/mol. The summed E-state index contributed by atoms with van der Waals surface area (Å²) in [5.74, 6) is 0.951. The molecule has 13 rings (SSSR count). The molecule has 0 aromatic carbocycles. The highest BCUT2D eigenvalue weighted by atomic mass is 35.9. The van der Waals surface area contributed by atoms with Crippen LogP contribution in [-0.4, -0.2) is 259 Å². The maximum atomic E-state index is 12.6. The lowest BCUT2D eigenvalue weighted by atomic mass is 10.1. The molecule has 53 nitrogen and oxygen atoms in total. The first kappa shape index (κ1) is 84.0. The number of anilines is 4. The number of imidazole rings is 4. The van der Waals surface area contributed by atoms with Gasteiger partial charge in [0.05, 0.1) is 26.4 Å². The molecule has 0 aliphatic carbocycles. The number of nitrogen functional groups attached to an aromatic ring is 4. The van der Waals surface area contributed by atoms with Gasteiger partial charge in [0.2, 0.25) is 0 Å². The Labute approximate surface area is 605 Å². The van der Waals surface area contributed by atoms with Crippen molar-refractivity contribution < 1.29 is 157 Å². The predicted octanol–water partition coefficient (Wildman–Crippen LogP) is -2.22. The minimum atomic E-state index is -5.71. The Balaban J connectivity index is 0.000000155. The number of aliphatic hydroxyl groups excluding tert-OH is 9. The predicted molar refractivity (Wildman–Crippen MR) is 354 cm³/mol. The molecule has 62 heteroatoms. The van der Waals surface area contributed by atoms with Gasteiger partial charge in [-0.05, 0) is 50.2 Å². The van der Waals surface area contributed by atoms with E-state index >= 15 is 0 Å². The van der Waals surface area contributed by atoms with Crippen molar-refractivity contribution in [1.29, 1.82) is 0 Å². The summed E-state index contributed by atoms with van der Waals surface area (Å²) in [7, 11) is -31.1. The third-order valence-corrected chi connectivity index (χ3v) is 27.6. The third kappa shape index (κ3) is 18.7. The van der Waals surface area contributed by atoms with E-state index in [4.69, 9.17) is 93.2 Å². The molecular formula is C45H65Cl2N20O33P7. The van der Waals surface area contributed by atoms with E-state index in [9.17, 15) is 87.5 Å². The molecule has 5 saturated heterocycles. The first-order chi connectivity index (χ1) is 49.6. The lowest BCUT2D eigenvalue weighted by Gasteiger charge is -2.28. The van der Waals surface area contributed by atoms with E-state index in [0.29, 0.717) is 39.8 Å². The summed E-state index contributed by atoms with van der Waals surface area (Å²) in [5.41, 5.74) is 25.4. The minimum absolute atomic E-state index is 0.0501. The largest absolute Gasteiger partial charge is 0.490 e. The topological polar surface area (TPSA) is 803 Å². The number of rotatable bonds is 18. The molecule has 0 amide bonds. The molecule has 5 aliphatic rings. The van der Waals surface area contributed by atoms with Crippen molar-refractivity contribution in [2.24, 2.45) is 0 Å². The highest BCUT2D eigenvalue weighted by molar-refractivity contribution is 8.05. The zero-order chi connectivity index (χ0) is 78.9. The maximum Gasteiger partial charge on any atom is 0.490 e. The molecule has 592 valence electrons. The lowest BCUT2D eigenvalue weighted by Crippen LogP contribution is -2.34. The summed E-state index contributed by atoms with van der Waals surface area (Å²) in [6.45, 7) is 4.06. The number of aryl methyl sites for hydroxylation is 4. The number of nitrogens with two attached hydrogens (primary N) is 4. The summed E-state index contributed by atoms with van der Waals surface area (Å²) in [6, 6.07) is 0. The minimum Gasteiger partial charge on any atom is -0.394 e. The number of phosphoric ester groups is 1. The molecule has 8 aromatic rings. The molecule has 107 heavy (non-hydrogen) atoms. The number of ether oxygens (including phenoxy) is 4. The average molecular weight is 1700 g/mol. The van der Waals surface area contributed by atoms with E-state index < -0.39 is 176 Å². The summed E-state index contributed by atoms with van der Waals surface area (Å²) < 4.78 is 138. The van der Waals surface area contributed by atoms with Crippen LogP contribution in [0.2, 0.25) is 0 Å². The van der Waals surface area contributed by atoms with Gasteiger partial charge in [-0.25, -0.2) is 86.7 Å². The Morgan fingerprint density at radius 3 is 1.07 bits per heavy atom. The molecule has 13 heterocycles. The van der Waals surface area contributed by atoms with Crippen LogP contribution in [0.25, 0.3) is 44.7 Å². The van der Waals surface area contributed by atoms with Crippen LogP contribution in [0.4, 0.5) is 23.3 Å². The van der Waals surface area contributed by atoms with E-state index in [0.717, 1.165) is 6.33 Å². The van der Waals surface area contributed by atoms with E-state index in [1.807, 2.05) is 0 Å². The number of aliphatic hydroxyl groups is 9. The van der Waals surface area contributed by atoms with Gasteiger partial charge in [0, 0.05) is 0 Å². The molecule has 5 aliphatic heterocycles. The Morgan fingerprint density at radius 1 is 0.467 bits per heavy atom. The summed E-state index contributed by atoms with van der Waals surface area (Å²) in [5, 5.41) is 90.9. The fraction of sp³-hybridized carbons (Fsp3) is 0.556.